The SMILES string of the molecule is Cc1ncc(C(N)=O)cc1NC(=O)c1cnn2cc(-c3ccc(=O)n(C)c3)sc12.[HH].[HH]. The van der Waals surface area contributed by atoms with Crippen LogP contribution in [0.2, 0.25) is 0 Å². The Bertz CT molecular complexity index is 1340. The van der Waals surface area contributed by atoms with E-state index >= 15 is 0 Å². The van der Waals surface area contributed by atoms with E-state index in [0.29, 0.717) is 21.8 Å². The van der Waals surface area contributed by atoms with Gasteiger partial charge in [0.2, 0.25) is 11.5 Å². The Morgan fingerprint density at radius 3 is 2.76 bits per heavy atom. The molecule has 0 fully saturated rings. The van der Waals surface area contributed by atoms with Crippen LogP contribution in [0.1, 0.15) is 29.3 Å². The average molecular weight is 412 g/mol. The Balaban J connectivity index is 0.00000171. The van der Waals surface area contributed by atoms with Gasteiger partial charge in [-0.15, -0.1) is 11.3 Å². The number of carbonyl (C=O) groups is 2. The second-order valence-corrected chi connectivity index (χ2v) is 7.48. The molecule has 4 aromatic heterocycles. The van der Waals surface area contributed by atoms with Crippen LogP contribution in [0, 0.1) is 6.92 Å². The third kappa shape index (κ3) is 3.41. The van der Waals surface area contributed by atoms with Gasteiger partial charge in [-0.05, 0) is 19.1 Å². The summed E-state index contributed by atoms with van der Waals surface area (Å²) >= 11 is 1.38. The lowest BCUT2D eigenvalue weighted by Crippen LogP contribution is -2.16. The average Bonchev–Trinajstić information content (AvgIpc) is 3.26. The van der Waals surface area contributed by atoms with Crippen LogP contribution in [-0.4, -0.2) is 31.0 Å². The summed E-state index contributed by atoms with van der Waals surface area (Å²) in [6.45, 7) is 1.72. The molecule has 0 spiro atoms. The van der Waals surface area contributed by atoms with Gasteiger partial charge in [0.15, 0.2) is 0 Å². The van der Waals surface area contributed by atoms with E-state index in [1.807, 2.05) is 0 Å². The minimum Gasteiger partial charge on any atom is -0.366 e. The van der Waals surface area contributed by atoms with Gasteiger partial charge < -0.3 is 15.6 Å². The van der Waals surface area contributed by atoms with Crippen LogP contribution < -0.4 is 16.6 Å². The number of carbonyl (C=O) groups excluding carboxylic acids is 2. The Morgan fingerprint density at radius 2 is 2.03 bits per heavy atom. The molecule has 0 saturated carbocycles. The molecule has 0 bridgehead atoms. The van der Waals surface area contributed by atoms with Crippen molar-refractivity contribution in [1.82, 2.24) is 19.2 Å². The van der Waals surface area contributed by atoms with Crippen molar-refractivity contribution < 1.29 is 12.4 Å². The Hall–Kier alpha value is -3.79. The predicted octanol–water partition coefficient (Wildman–Crippen LogP) is 2.31. The van der Waals surface area contributed by atoms with E-state index in [2.05, 4.69) is 15.4 Å². The van der Waals surface area contributed by atoms with E-state index in [0.717, 1.165) is 10.4 Å². The number of pyridine rings is 2. The number of hydrogen-bond acceptors (Lipinski definition) is 6. The standard InChI is InChI=1S/C19H16N6O3S.2H2/c1-10-14(5-12(6-21-10)17(20)27)23-18(28)13-7-22-25-9-15(29-19(13)25)11-3-4-16(26)24(2)8-11;;/h3-9H,1-2H3,(H2,20,27)(H,23,28);2*1H. The lowest BCUT2D eigenvalue weighted by atomic mass is 10.2. The normalized spacial score (nSPS) is 11.0. The van der Waals surface area contributed by atoms with Crippen LogP contribution in [0.25, 0.3) is 15.3 Å². The maximum absolute atomic E-state index is 12.8. The fourth-order valence-electron chi connectivity index (χ4n) is 2.80. The molecule has 0 saturated heterocycles. The van der Waals surface area contributed by atoms with Gasteiger partial charge >= 0.3 is 0 Å². The number of fused-ring (bicyclic) bond motifs is 1. The van der Waals surface area contributed by atoms with Crippen LogP contribution >= 0.6 is 11.3 Å². The van der Waals surface area contributed by atoms with Gasteiger partial charge in [0.1, 0.15) is 4.83 Å². The van der Waals surface area contributed by atoms with Gasteiger partial charge in [0.25, 0.3) is 5.91 Å². The number of anilines is 1. The van der Waals surface area contributed by atoms with Gasteiger partial charge in [-0.3, -0.25) is 19.4 Å². The highest BCUT2D eigenvalue weighted by molar-refractivity contribution is 7.21. The van der Waals surface area contributed by atoms with Crippen molar-refractivity contribution in [1.29, 1.82) is 0 Å². The molecule has 4 heterocycles. The van der Waals surface area contributed by atoms with Crippen molar-refractivity contribution in [2.45, 2.75) is 6.92 Å². The first-order valence-electron chi connectivity index (χ1n) is 8.55. The molecule has 4 rings (SSSR count). The van der Waals surface area contributed by atoms with Crippen molar-refractivity contribution in [3.05, 3.63) is 70.2 Å². The first kappa shape index (κ1) is 18.6. The van der Waals surface area contributed by atoms with Crippen LogP contribution in [-0.2, 0) is 7.05 Å². The predicted molar refractivity (Wildman–Crippen MR) is 113 cm³/mol. The van der Waals surface area contributed by atoms with Crippen molar-refractivity contribution >= 4 is 33.7 Å². The van der Waals surface area contributed by atoms with Crippen molar-refractivity contribution in [3.63, 3.8) is 0 Å². The van der Waals surface area contributed by atoms with Gasteiger partial charge in [0, 0.05) is 40.1 Å². The first-order chi connectivity index (χ1) is 13.8. The second-order valence-electron chi connectivity index (χ2n) is 6.45. The van der Waals surface area contributed by atoms with E-state index in [1.54, 1.807) is 36.9 Å². The summed E-state index contributed by atoms with van der Waals surface area (Å²) in [6, 6.07) is 4.72. The summed E-state index contributed by atoms with van der Waals surface area (Å²) in [5.74, 6) is -0.999. The maximum atomic E-state index is 12.8. The number of thiazole rings is 1. The smallest absolute Gasteiger partial charge is 0.260 e. The number of amides is 2. The van der Waals surface area contributed by atoms with Crippen molar-refractivity contribution in [3.8, 4) is 10.4 Å². The topological polar surface area (TPSA) is 124 Å². The summed E-state index contributed by atoms with van der Waals surface area (Å²) in [7, 11) is 1.68. The lowest BCUT2D eigenvalue weighted by molar-refractivity contribution is 0.0996. The number of rotatable bonds is 4. The van der Waals surface area contributed by atoms with E-state index < -0.39 is 5.91 Å². The molecule has 150 valence electrons. The van der Waals surface area contributed by atoms with Crippen molar-refractivity contribution in [2.24, 2.45) is 12.8 Å². The number of nitrogens with two attached hydrogens (primary N) is 1. The second kappa shape index (κ2) is 6.99. The highest BCUT2D eigenvalue weighted by Crippen LogP contribution is 2.30. The molecular formula is C19H20N6O3S. The number of aromatic nitrogens is 4. The van der Waals surface area contributed by atoms with E-state index in [4.69, 9.17) is 5.73 Å². The molecule has 9 nitrogen and oxygen atoms in total. The zero-order chi connectivity index (χ0) is 20.7. The minimum atomic E-state index is -0.624. The zero-order valence-electron chi connectivity index (χ0n) is 15.5. The molecule has 4 aromatic rings. The fourth-order valence-corrected chi connectivity index (χ4v) is 3.85. The van der Waals surface area contributed by atoms with Gasteiger partial charge in [0.05, 0.1) is 33.6 Å². The van der Waals surface area contributed by atoms with Crippen LogP contribution in [0.4, 0.5) is 5.69 Å². The maximum Gasteiger partial charge on any atom is 0.260 e. The van der Waals surface area contributed by atoms with Crippen LogP contribution in [0.3, 0.4) is 0 Å². The molecule has 3 N–H and O–H groups in total. The number of hydrogen-bond donors (Lipinski definition) is 2. The van der Waals surface area contributed by atoms with E-state index in [-0.39, 0.29) is 19.9 Å². The quantitative estimate of drug-likeness (QED) is 0.532. The molecule has 0 aliphatic heterocycles. The highest BCUT2D eigenvalue weighted by Gasteiger charge is 2.18. The summed E-state index contributed by atoms with van der Waals surface area (Å²) in [6.07, 6.45) is 6.38. The molecule has 10 heteroatoms. The third-order valence-corrected chi connectivity index (χ3v) is 5.59. The molecule has 0 radical (unpaired) electrons. The Labute approximate surface area is 171 Å². The first-order valence-corrected chi connectivity index (χ1v) is 9.37. The van der Waals surface area contributed by atoms with Gasteiger partial charge in [-0.1, -0.05) is 0 Å². The Kier molecular flexibility index (Phi) is 4.47. The molecule has 0 aliphatic rings. The molecule has 2 amide bonds. The molecule has 0 atom stereocenters. The largest absolute Gasteiger partial charge is 0.366 e. The number of aryl methyl sites for hydroxylation is 2. The van der Waals surface area contributed by atoms with Crippen LogP contribution in [0.5, 0.6) is 0 Å². The molecule has 29 heavy (non-hydrogen) atoms. The van der Waals surface area contributed by atoms with Crippen molar-refractivity contribution in [2.75, 3.05) is 5.32 Å². The van der Waals surface area contributed by atoms with E-state index in [1.165, 1.54) is 40.4 Å². The molecule has 0 unspecified atom stereocenters. The van der Waals surface area contributed by atoms with Gasteiger partial charge in [-0.2, -0.15) is 5.10 Å². The summed E-state index contributed by atoms with van der Waals surface area (Å²) in [4.78, 5) is 41.4. The summed E-state index contributed by atoms with van der Waals surface area (Å²) in [5.41, 5.74) is 7.59. The summed E-state index contributed by atoms with van der Waals surface area (Å²) < 4.78 is 3.11. The fraction of sp³-hybridized carbons (Fsp3) is 0.105. The summed E-state index contributed by atoms with van der Waals surface area (Å²) in [5, 5.41) is 7.01. The zero-order valence-corrected chi connectivity index (χ0v) is 16.4. The number of nitrogens with zero attached hydrogens (tertiary/aromatic N) is 4. The highest BCUT2D eigenvalue weighted by atomic mass is 32.1. The Morgan fingerprint density at radius 1 is 1.24 bits per heavy atom. The monoisotopic (exact) mass is 412 g/mol. The minimum absolute atomic E-state index is 0. The van der Waals surface area contributed by atoms with E-state index in [9.17, 15) is 14.4 Å². The van der Waals surface area contributed by atoms with Gasteiger partial charge in [-0.25, -0.2) is 4.52 Å². The lowest BCUT2D eigenvalue weighted by Gasteiger charge is -2.08. The molecule has 0 aromatic carbocycles. The third-order valence-electron chi connectivity index (χ3n) is 4.43. The number of primary amides is 1. The molecular weight excluding hydrogens is 392 g/mol. The number of nitrogens with one attached hydrogen (secondary N) is 1. The molecule has 0 aliphatic carbocycles. The van der Waals surface area contributed by atoms with Crippen LogP contribution in [0.15, 0.2) is 47.8 Å².